The average molecular weight is 391 g/mol. The van der Waals surface area contributed by atoms with Gasteiger partial charge in [0.15, 0.2) is 0 Å². The Hall–Kier alpha value is -2.54. The predicted molar refractivity (Wildman–Crippen MR) is 95.3 cm³/mol. The monoisotopic (exact) mass is 391 g/mol. The predicted octanol–water partition coefficient (Wildman–Crippen LogP) is 3.39. The van der Waals surface area contributed by atoms with E-state index >= 15 is 0 Å². The van der Waals surface area contributed by atoms with Gasteiger partial charge in [0.1, 0.15) is 29.3 Å². The van der Waals surface area contributed by atoms with Gasteiger partial charge in [0.2, 0.25) is 0 Å². The minimum atomic E-state index is -0.877. The van der Waals surface area contributed by atoms with E-state index in [2.05, 4.69) is 0 Å². The molecule has 2 fully saturated rings. The topological polar surface area (TPSA) is 49.8 Å². The fourth-order valence-corrected chi connectivity index (χ4v) is 4.20. The van der Waals surface area contributed by atoms with Crippen LogP contribution >= 0.6 is 0 Å². The molecule has 1 saturated carbocycles. The van der Waals surface area contributed by atoms with Crippen LogP contribution in [0.3, 0.4) is 0 Å². The average Bonchev–Trinajstić information content (AvgIpc) is 3.06. The first-order valence-corrected chi connectivity index (χ1v) is 9.25. The van der Waals surface area contributed by atoms with Crippen LogP contribution in [0.25, 0.3) is 0 Å². The van der Waals surface area contributed by atoms with Crippen molar-refractivity contribution in [3.63, 3.8) is 0 Å². The molecule has 0 spiro atoms. The van der Waals surface area contributed by atoms with Gasteiger partial charge in [-0.05, 0) is 61.1 Å². The van der Waals surface area contributed by atoms with E-state index in [1.807, 2.05) is 0 Å². The summed E-state index contributed by atoms with van der Waals surface area (Å²) in [6, 6.07) is 8.53. The molecule has 4 atom stereocenters. The summed E-state index contributed by atoms with van der Waals surface area (Å²) >= 11 is 0. The summed E-state index contributed by atoms with van der Waals surface area (Å²) in [5.74, 6) is -1.77. The van der Waals surface area contributed by atoms with Gasteiger partial charge in [-0.3, -0.25) is 4.79 Å². The van der Waals surface area contributed by atoms with Crippen molar-refractivity contribution in [1.82, 2.24) is 4.90 Å². The number of hydrogen-bond acceptors (Lipinski definition) is 3. The normalized spacial score (nSPS) is 26.8. The van der Waals surface area contributed by atoms with Crippen molar-refractivity contribution in [3.8, 4) is 5.75 Å². The number of nitrogens with zero attached hydrogens (tertiary/aromatic N) is 1. The van der Waals surface area contributed by atoms with Crippen LogP contribution in [-0.4, -0.2) is 41.2 Å². The number of likely N-dealkylation sites (tertiary alicyclic amines) is 1. The highest BCUT2D eigenvalue weighted by Gasteiger charge is 2.44. The lowest BCUT2D eigenvalue weighted by Crippen LogP contribution is -2.42. The minimum absolute atomic E-state index is 0.0931. The Morgan fingerprint density at radius 2 is 1.61 bits per heavy atom. The van der Waals surface area contributed by atoms with Gasteiger partial charge in [0, 0.05) is 19.2 Å². The minimum Gasteiger partial charge on any atom is -0.488 e. The molecule has 2 aromatic rings. The van der Waals surface area contributed by atoms with Crippen LogP contribution in [0.4, 0.5) is 13.2 Å². The van der Waals surface area contributed by atoms with Crippen molar-refractivity contribution < 1.29 is 27.8 Å². The summed E-state index contributed by atoms with van der Waals surface area (Å²) in [6.07, 6.45) is -0.154. The molecular weight excluding hydrogens is 371 g/mol. The van der Waals surface area contributed by atoms with E-state index in [0.717, 1.165) is 12.1 Å². The highest BCUT2D eigenvalue weighted by atomic mass is 19.1. The lowest BCUT2D eigenvalue weighted by Gasteiger charge is -2.35. The fraction of sp³-hybridized carbons (Fsp3) is 0.381. The van der Waals surface area contributed by atoms with E-state index in [0.29, 0.717) is 37.7 Å². The first kappa shape index (κ1) is 18.8. The third-order valence-electron chi connectivity index (χ3n) is 5.63. The second kappa shape index (κ2) is 7.47. The quantitative estimate of drug-likeness (QED) is 0.873. The number of halogens is 3. The summed E-state index contributed by atoms with van der Waals surface area (Å²) in [5.41, 5.74) is -0.153. The van der Waals surface area contributed by atoms with Crippen LogP contribution < -0.4 is 4.74 Å². The van der Waals surface area contributed by atoms with Crippen LogP contribution in [0.1, 0.15) is 23.2 Å². The lowest BCUT2D eigenvalue weighted by atomic mass is 9.78. The third kappa shape index (κ3) is 3.71. The number of aliphatic hydroxyl groups excluding tert-OH is 1. The number of fused-ring (bicyclic) bond motifs is 1. The van der Waals surface area contributed by atoms with Crippen LogP contribution in [0.5, 0.6) is 5.75 Å². The van der Waals surface area contributed by atoms with E-state index in [1.54, 1.807) is 4.90 Å². The van der Waals surface area contributed by atoms with E-state index in [4.69, 9.17) is 4.74 Å². The molecule has 2 aromatic carbocycles. The van der Waals surface area contributed by atoms with Gasteiger partial charge in [0.05, 0.1) is 11.7 Å². The van der Waals surface area contributed by atoms with Crippen molar-refractivity contribution in [2.75, 3.05) is 13.1 Å². The molecule has 0 aromatic heterocycles. The third-order valence-corrected chi connectivity index (χ3v) is 5.63. The molecule has 28 heavy (non-hydrogen) atoms. The van der Waals surface area contributed by atoms with Gasteiger partial charge in [-0.15, -0.1) is 0 Å². The summed E-state index contributed by atoms with van der Waals surface area (Å²) in [5, 5.41) is 10.4. The molecule has 1 amide bonds. The number of benzene rings is 2. The van der Waals surface area contributed by atoms with Crippen LogP contribution in [0.2, 0.25) is 0 Å². The van der Waals surface area contributed by atoms with Crippen molar-refractivity contribution in [2.45, 2.75) is 25.0 Å². The van der Waals surface area contributed by atoms with Crippen LogP contribution in [0, 0.1) is 29.3 Å². The Balaban J connectivity index is 1.43. The molecule has 4 nitrogen and oxygen atoms in total. The molecule has 1 aliphatic carbocycles. The highest BCUT2D eigenvalue weighted by molar-refractivity contribution is 5.94. The Bertz CT molecular complexity index is 874. The molecule has 1 aliphatic heterocycles. The molecule has 1 N–H and O–H groups in total. The number of carbonyl (C=O) groups is 1. The van der Waals surface area contributed by atoms with Gasteiger partial charge in [0.25, 0.3) is 5.91 Å². The Morgan fingerprint density at radius 3 is 2.29 bits per heavy atom. The number of aliphatic hydroxyl groups is 1. The first-order valence-electron chi connectivity index (χ1n) is 9.25. The molecule has 148 valence electrons. The smallest absolute Gasteiger partial charge is 0.256 e. The molecule has 7 heteroatoms. The molecule has 0 unspecified atom stereocenters. The van der Waals surface area contributed by atoms with Gasteiger partial charge in [-0.2, -0.15) is 0 Å². The zero-order chi connectivity index (χ0) is 19.8. The zero-order valence-corrected chi connectivity index (χ0v) is 15.0. The van der Waals surface area contributed by atoms with Crippen molar-refractivity contribution in [2.24, 2.45) is 11.8 Å². The van der Waals surface area contributed by atoms with Crippen LogP contribution in [0.15, 0.2) is 42.5 Å². The summed E-state index contributed by atoms with van der Waals surface area (Å²) < 4.78 is 45.9. The zero-order valence-electron chi connectivity index (χ0n) is 15.0. The molecule has 1 heterocycles. The second-order valence-electron chi connectivity index (χ2n) is 7.50. The Kier molecular flexibility index (Phi) is 5.02. The number of hydrogen-bond donors (Lipinski definition) is 1. The Morgan fingerprint density at radius 1 is 0.964 bits per heavy atom. The lowest BCUT2D eigenvalue weighted by molar-refractivity contribution is -0.0231. The molecule has 0 bridgehead atoms. The molecule has 1 saturated heterocycles. The van der Waals surface area contributed by atoms with Gasteiger partial charge < -0.3 is 14.7 Å². The maximum Gasteiger partial charge on any atom is 0.256 e. The maximum atomic E-state index is 13.9. The van der Waals surface area contributed by atoms with E-state index in [-0.39, 0.29) is 23.2 Å². The number of rotatable bonds is 3. The maximum absolute atomic E-state index is 13.9. The second-order valence-corrected chi connectivity index (χ2v) is 7.50. The highest BCUT2D eigenvalue weighted by Crippen LogP contribution is 2.38. The largest absolute Gasteiger partial charge is 0.488 e. The van der Waals surface area contributed by atoms with Gasteiger partial charge >= 0.3 is 0 Å². The van der Waals surface area contributed by atoms with E-state index < -0.39 is 29.7 Å². The first-order chi connectivity index (χ1) is 13.4. The molecular formula is C21H20F3NO3. The van der Waals surface area contributed by atoms with Gasteiger partial charge in [-0.25, -0.2) is 13.2 Å². The van der Waals surface area contributed by atoms with E-state index in [9.17, 15) is 23.1 Å². The summed E-state index contributed by atoms with van der Waals surface area (Å²) in [7, 11) is 0. The van der Waals surface area contributed by atoms with Crippen molar-refractivity contribution in [3.05, 3.63) is 65.5 Å². The van der Waals surface area contributed by atoms with Crippen molar-refractivity contribution >= 4 is 5.91 Å². The number of ether oxygens (including phenoxy) is 1. The van der Waals surface area contributed by atoms with Gasteiger partial charge in [-0.1, -0.05) is 0 Å². The van der Waals surface area contributed by atoms with E-state index in [1.165, 1.54) is 24.3 Å². The molecule has 2 aliphatic rings. The number of carbonyl (C=O) groups excluding carboxylic acids is 1. The SMILES string of the molecule is O=C(c1ccc(F)cc1F)N1C[C@H]2C[C@@H](Oc3ccc(F)cc3)[C@H](O)C[C@H]2C1. The standard InChI is InChI=1S/C21H20F3NO3/c22-14-1-4-16(5-2-14)28-20-8-13-11-25(10-12(13)7-19(20)26)21(27)17-6-3-15(23)9-18(17)24/h1-6,9,12-13,19-20,26H,7-8,10-11H2/t12-,13+,19+,20+/m0/s1. The van der Waals surface area contributed by atoms with Crippen LogP contribution in [-0.2, 0) is 0 Å². The number of amides is 1. The molecule has 0 radical (unpaired) electrons. The molecule has 4 rings (SSSR count). The van der Waals surface area contributed by atoms with Crippen molar-refractivity contribution in [1.29, 1.82) is 0 Å². The summed E-state index contributed by atoms with van der Waals surface area (Å²) in [4.78, 5) is 14.2. The fourth-order valence-electron chi connectivity index (χ4n) is 4.20. The summed E-state index contributed by atoms with van der Waals surface area (Å²) in [6.45, 7) is 0.844. The Labute approximate surface area is 160 Å².